The van der Waals surface area contributed by atoms with E-state index in [4.69, 9.17) is 11.6 Å². The van der Waals surface area contributed by atoms with Gasteiger partial charge in [-0.2, -0.15) is 0 Å². The summed E-state index contributed by atoms with van der Waals surface area (Å²) < 4.78 is 0. The zero-order valence-corrected chi connectivity index (χ0v) is 10.3. The number of halogens is 1. The summed E-state index contributed by atoms with van der Waals surface area (Å²) in [5.41, 5.74) is 2.58. The van der Waals surface area contributed by atoms with Crippen LogP contribution in [0.15, 0.2) is 24.3 Å². The van der Waals surface area contributed by atoms with Crippen molar-refractivity contribution in [1.82, 2.24) is 0 Å². The Kier molecular flexibility index (Phi) is 5.56. The Morgan fingerprint density at radius 3 is 2.80 bits per heavy atom. The van der Waals surface area contributed by atoms with E-state index in [0.29, 0.717) is 5.92 Å². The van der Waals surface area contributed by atoms with E-state index in [9.17, 15) is 0 Å². The van der Waals surface area contributed by atoms with Gasteiger partial charge in [-0.1, -0.05) is 26.0 Å². The Morgan fingerprint density at radius 2 is 2.13 bits per heavy atom. The molecule has 84 valence electrons. The molecule has 15 heavy (non-hydrogen) atoms. The van der Waals surface area contributed by atoms with E-state index in [1.807, 2.05) is 0 Å². The van der Waals surface area contributed by atoms with Crippen molar-refractivity contribution in [3.8, 4) is 0 Å². The van der Waals surface area contributed by atoms with E-state index in [0.717, 1.165) is 25.3 Å². The molecule has 0 aromatic heterocycles. The Bertz CT molecular complexity index is 284. The maximum Gasteiger partial charge on any atom is 0.0342 e. The number of hydrogen-bond donors (Lipinski definition) is 1. The molecule has 0 aliphatic heterocycles. The first-order valence-corrected chi connectivity index (χ1v) is 6.14. The van der Waals surface area contributed by atoms with Crippen molar-refractivity contribution in [2.75, 3.05) is 17.7 Å². The fraction of sp³-hybridized carbons (Fsp3) is 0.538. The van der Waals surface area contributed by atoms with Gasteiger partial charge in [0.05, 0.1) is 0 Å². The molecule has 0 atom stereocenters. The van der Waals surface area contributed by atoms with E-state index in [2.05, 4.69) is 43.4 Å². The van der Waals surface area contributed by atoms with Gasteiger partial charge in [0.2, 0.25) is 0 Å². The van der Waals surface area contributed by atoms with Gasteiger partial charge in [0.15, 0.2) is 0 Å². The molecule has 0 bridgehead atoms. The maximum absolute atomic E-state index is 5.68. The predicted octanol–water partition coefficient (Wildman–Crippen LogP) is 3.93. The average Bonchev–Trinajstić information content (AvgIpc) is 2.24. The zero-order chi connectivity index (χ0) is 11.1. The molecule has 0 saturated heterocycles. The standard InChI is InChI=1S/C13H20ClN/c1-11(2)10-15-13-7-3-5-12(9-13)6-4-8-14/h3,5,7,9,11,15H,4,6,8,10H2,1-2H3. The van der Waals surface area contributed by atoms with Gasteiger partial charge in [0, 0.05) is 18.1 Å². The van der Waals surface area contributed by atoms with E-state index in [1.54, 1.807) is 0 Å². The van der Waals surface area contributed by atoms with Crippen molar-refractivity contribution < 1.29 is 0 Å². The molecule has 1 N–H and O–H groups in total. The van der Waals surface area contributed by atoms with Crippen LogP contribution < -0.4 is 5.32 Å². The fourth-order valence-corrected chi connectivity index (χ4v) is 1.56. The highest BCUT2D eigenvalue weighted by atomic mass is 35.5. The summed E-state index contributed by atoms with van der Waals surface area (Å²) in [6, 6.07) is 8.60. The van der Waals surface area contributed by atoms with Crippen LogP contribution in [0.2, 0.25) is 0 Å². The molecular formula is C13H20ClN. The van der Waals surface area contributed by atoms with Crippen LogP contribution in [0.25, 0.3) is 0 Å². The molecule has 0 unspecified atom stereocenters. The molecule has 0 amide bonds. The summed E-state index contributed by atoms with van der Waals surface area (Å²) in [7, 11) is 0. The monoisotopic (exact) mass is 225 g/mol. The second-order valence-corrected chi connectivity index (χ2v) is 4.65. The topological polar surface area (TPSA) is 12.0 Å². The van der Waals surface area contributed by atoms with Gasteiger partial charge in [-0.3, -0.25) is 0 Å². The molecule has 0 heterocycles. The third kappa shape index (κ3) is 5.08. The minimum absolute atomic E-state index is 0.677. The SMILES string of the molecule is CC(C)CNc1cccc(CCCCl)c1. The number of hydrogen-bond acceptors (Lipinski definition) is 1. The van der Waals surface area contributed by atoms with Crippen molar-refractivity contribution in [3.63, 3.8) is 0 Å². The quantitative estimate of drug-likeness (QED) is 0.724. The highest BCUT2D eigenvalue weighted by molar-refractivity contribution is 6.17. The molecule has 0 aliphatic carbocycles. The summed E-state index contributed by atoms with van der Waals surface area (Å²) in [6.45, 7) is 5.45. The molecule has 1 nitrogen and oxygen atoms in total. The second kappa shape index (κ2) is 6.73. The third-order valence-corrected chi connectivity index (χ3v) is 2.51. The van der Waals surface area contributed by atoms with Gasteiger partial charge in [-0.25, -0.2) is 0 Å². The van der Waals surface area contributed by atoms with Crippen LogP contribution in [0.1, 0.15) is 25.8 Å². The highest BCUT2D eigenvalue weighted by Gasteiger charge is 1.97. The Morgan fingerprint density at radius 1 is 1.33 bits per heavy atom. The van der Waals surface area contributed by atoms with Gasteiger partial charge in [0.25, 0.3) is 0 Å². The lowest BCUT2D eigenvalue weighted by molar-refractivity contribution is 0.689. The lowest BCUT2D eigenvalue weighted by atomic mass is 10.1. The van der Waals surface area contributed by atoms with E-state index in [-0.39, 0.29) is 0 Å². The summed E-state index contributed by atoms with van der Waals surface area (Å²) in [5.74, 6) is 1.42. The van der Waals surface area contributed by atoms with Crippen LogP contribution in [0.5, 0.6) is 0 Å². The number of alkyl halides is 1. The van der Waals surface area contributed by atoms with E-state index >= 15 is 0 Å². The molecule has 0 aliphatic rings. The molecule has 0 fully saturated rings. The minimum Gasteiger partial charge on any atom is -0.385 e. The van der Waals surface area contributed by atoms with Crippen molar-refractivity contribution in [1.29, 1.82) is 0 Å². The number of rotatable bonds is 6. The van der Waals surface area contributed by atoms with Crippen molar-refractivity contribution in [2.24, 2.45) is 5.92 Å². The lowest BCUT2D eigenvalue weighted by Gasteiger charge is -2.10. The van der Waals surface area contributed by atoms with Gasteiger partial charge < -0.3 is 5.32 Å². The van der Waals surface area contributed by atoms with Crippen LogP contribution in [-0.4, -0.2) is 12.4 Å². The maximum atomic E-state index is 5.68. The van der Waals surface area contributed by atoms with Gasteiger partial charge in [-0.15, -0.1) is 11.6 Å². The van der Waals surface area contributed by atoms with Crippen molar-refractivity contribution in [2.45, 2.75) is 26.7 Å². The first-order chi connectivity index (χ1) is 7.22. The Balaban J connectivity index is 2.50. The normalized spacial score (nSPS) is 10.7. The predicted molar refractivity (Wildman–Crippen MR) is 68.8 cm³/mol. The van der Waals surface area contributed by atoms with Crippen LogP contribution >= 0.6 is 11.6 Å². The molecule has 1 rings (SSSR count). The number of nitrogens with one attached hydrogen (secondary N) is 1. The first-order valence-electron chi connectivity index (χ1n) is 5.61. The number of aryl methyl sites for hydroxylation is 1. The average molecular weight is 226 g/mol. The van der Waals surface area contributed by atoms with Crippen LogP contribution in [0.3, 0.4) is 0 Å². The summed E-state index contributed by atoms with van der Waals surface area (Å²) in [6.07, 6.45) is 2.12. The lowest BCUT2D eigenvalue weighted by Crippen LogP contribution is -2.07. The molecule has 0 saturated carbocycles. The molecular weight excluding hydrogens is 206 g/mol. The smallest absolute Gasteiger partial charge is 0.0342 e. The number of anilines is 1. The van der Waals surface area contributed by atoms with Crippen LogP contribution in [0.4, 0.5) is 5.69 Å². The Labute approximate surface area is 97.8 Å². The summed E-state index contributed by atoms with van der Waals surface area (Å²) in [5, 5.41) is 3.43. The Hall–Kier alpha value is -0.690. The second-order valence-electron chi connectivity index (χ2n) is 4.27. The molecule has 0 spiro atoms. The van der Waals surface area contributed by atoms with Crippen LogP contribution in [0, 0.1) is 5.92 Å². The van der Waals surface area contributed by atoms with Crippen LogP contribution in [-0.2, 0) is 6.42 Å². The largest absolute Gasteiger partial charge is 0.385 e. The first kappa shape index (κ1) is 12.4. The third-order valence-electron chi connectivity index (χ3n) is 2.24. The van der Waals surface area contributed by atoms with Gasteiger partial charge in [0.1, 0.15) is 0 Å². The van der Waals surface area contributed by atoms with Crippen molar-refractivity contribution >= 4 is 17.3 Å². The van der Waals surface area contributed by atoms with Gasteiger partial charge in [-0.05, 0) is 36.5 Å². The van der Waals surface area contributed by atoms with Crippen molar-refractivity contribution in [3.05, 3.63) is 29.8 Å². The summed E-state index contributed by atoms with van der Waals surface area (Å²) in [4.78, 5) is 0. The highest BCUT2D eigenvalue weighted by Crippen LogP contribution is 2.13. The molecule has 1 aromatic carbocycles. The van der Waals surface area contributed by atoms with Gasteiger partial charge >= 0.3 is 0 Å². The molecule has 1 aromatic rings. The van der Waals surface area contributed by atoms with E-state index < -0.39 is 0 Å². The number of benzene rings is 1. The minimum atomic E-state index is 0.677. The zero-order valence-electron chi connectivity index (χ0n) is 9.59. The molecule has 2 heteroatoms. The van der Waals surface area contributed by atoms with E-state index in [1.165, 1.54) is 11.3 Å². The molecule has 0 radical (unpaired) electrons. The summed E-state index contributed by atoms with van der Waals surface area (Å²) >= 11 is 5.68. The fourth-order valence-electron chi connectivity index (χ4n) is 1.43.